The number of hydrogen-bond donors (Lipinski definition) is 0. The van der Waals surface area contributed by atoms with Gasteiger partial charge in [-0.2, -0.15) is 9.61 Å². The maximum atomic E-state index is 5.36. The Balaban J connectivity index is 1.67. The molecule has 126 valence electrons. The van der Waals surface area contributed by atoms with Crippen LogP contribution in [0, 0.1) is 0 Å². The van der Waals surface area contributed by atoms with Crippen LogP contribution in [0.25, 0.3) is 15.5 Å². The van der Waals surface area contributed by atoms with Crippen molar-refractivity contribution >= 4 is 16.3 Å². The summed E-state index contributed by atoms with van der Waals surface area (Å²) in [6, 6.07) is 15.9. The lowest BCUT2D eigenvalue weighted by atomic mass is 10.1. The lowest BCUT2D eigenvalue weighted by Crippen LogP contribution is -1.99. The zero-order chi connectivity index (χ0) is 17.2. The Kier molecular flexibility index (Phi) is 4.07. The predicted octanol–water partition coefficient (Wildman–Crippen LogP) is 3.46. The van der Waals surface area contributed by atoms with Crippen molar-refractivity contribution in [3.05, 3.63) is 59.9 Å². The number of fused-ring (bicyclic) bond motifs is 1. The van der Waals surface area contributed by atoms with E-state index >= 15 is 0 Å². The summed E-state index contributed by atoms with van der Waals surface area (Å²) in [4.78, 5) is 0.786. The van der Waals surface area contributed by atoms with Gasteiger partial charge in [0.25, 0.3) is 0 Å². The van der Waals surface area contributed by atoms with Crippen LogP contribution in [-0.4, -0.2) is 34.0 Å². The van der Waals surface area contributed by atoms with Gasteiger partial charge in [-0.25, -0.2) is 0 Å². The second kappa shape index (κ2) is 6.52. The van der Waals surface area contributed by atoms with Gasteiger partial charge in [-0.15, -0.1) is 10.2 Å². The van der Waals surface area contributed by atoms with Crippen LogP contribution >= 0.6 is 11.3 Å². The van der Waals surface area contributed by atoms with Crippen molar-refractivity contribution in [1.82, 2.24) is 19.8 Å². The third kappa shape index (κ3) is 2.94. The first-order valence-electron chi connectivity index (χ1n) is 7.76. The molecular formula is C18H16N4O2S. The molecule has 0 fully saturated rings. The monoisotopic (exact) mass is 352 g/mol. The zero-order valence-corrected chi connectivity index (χ0v) is 14.7. The largest absolute Gasteiger partial charge is 0.493 e. The molecule has 2 aromatic carbocycles. The van der Waals surface area contributed by atoms with Gasteiger partial charge in [0.1, 0.15) is 5.01 Å². The number of rotatable bonds is 5. The lowest BCUT2D eigenvalue weighted by molar-refractivity contribution is 0.354. The van der Waals surface area contributed by atoms with E-state index in [0.717, 1.165) is 26.9 Å². The van der Waals surface area contributed by atoms with Crippen molar-refractivity contribution in [2.45, 2.75) is 6.42 Å². The van der Waals surface area contributed by atoms with Gasteiger partial charge in [-0.1, -0.05) is 47.7 Å². The number of ether oxygens (including phenoxy) is 2. The lowest BCUT2D eigenvalue weighted by Gasteiger charge is -2.08. The second-order valence-corrected chi connectivity index (χ2v) is 6.41. The minimum absolute atomic E-state index is 0.611. The summed E-state index contributed by atoms with van der Waals surface area (Å²) in [5.41, 5.74) is 2.14. The Morgan fingerprint density at radius 2 is 1.76 bits per heavy atom. The molecule has 4 aromatic rings. The summed E-state index contributed by atoms with van der Waals surface area (Å²) < 4.78 is 12.5. The molecule has 0 saturated heterocycles. The van der Waals surface area contributed by atoms with Gasteiger partial charge >= 0.3 is 0 Å². The second-order valence-electron chi connectivity index (χ2n) is 5.45. The molecule has 0 N–H and O–H groups in total. The molecule has 25 heavy (non-hydrogen) atoms. The van der Waals surface area contributed by atoms with E-state index in [-0.39, 0.29) is 0 Å². The fourth-order valence-corrected chi connectivity index (χ4v) is 3.50. The molecule has 0 saturated carbocycles. The van der Waals surface area contributed by atoms with Crippen LogP contribution in [-0.2, 0) is 6.42 Å². The van der Waals surface area contributed by atoms with Gasteiger partial charge < -0.3 is 9.47 Å². The number of methoxy groups -OCH3 is 2. The van der Waals surface area contributed by atoms with Gasteiger partial charge in [-0.05, 0) is 17.7 Å². The number of nitrogens with zero attached hydrogens (tertiary/aromatic N) is 4. The van der Waals surface area contributed by atoms with Crippen molar-refractivity contribution < 1.29 is 9.47 Å². The molecule has 0 atom stereocenters. The van der Waals surface area contributed by atoms with E-state index in [2.05, 4.69) is 15.3 Å². The number of aromatic nitrogens is 4. The summed E-state index contributed by atoms with van der Waals surface area (Å²) in [6.45, 7) is 0. The SMILES string of the molecule is COc1ccc(Cc2nnc3sc(-c4ccccc4)nn23)cc1OC. The summed E-state index contributed by atoms with van der Waals surface area (Å²) in [6.07, 6.45) is 0.611. The number of hydrogen-bond acceptors (Lipinski definition) is 6. The molecule has 0 aliphatic rings. The highest BCUT2D eigenvalue weighted by Gasteiger charge is 2.14. The van der Waals surface area contributed by atoms with E-state index < -0.39 is 0 Å². The molecular weight excluding hydrogens is 336 g/mol. The Labute approximate surface area is 148 Å². The first-order valence-corrected chi connectivity index (χ1v) is 8.57. The third-order valence-corrected chi connectivity index (χ3v) is 4.83. The molecule has 0 spiro atoms. The van der Waals surface area contributed by atoms with E-state index in [1.54, 1.807) is 14.2 Å². The summed E-state index contributed by atoms with van der Waals surface area (Å²) in [5, 5.41) is 14.1. The van der Waals surface area contributed by atoms with Crippen molar-refractivity contribution in [3.8, 4) is 22.1 Å². The third-order valence-electron chi connectivity index (χ3n) is 3.89. The van der Waals surface area contributed by atoms with E-state index in [1.807, 2.05) is 53.0 Å². The normalized spacial score (nSPS) is 11.0. The summed E-state index contributed by atoms with van der Waals surface area (Å²) >= 11 is 1.53. The van der Waals surface area contributed by atoms with Crippen LogP contribution in [0.5, 0.6) is 11.5 Å². The first kappa shape index (κ1) is 15.6. The molecule has 0 bridgehead atoms. The van der Waals surface area contributed by atoms with Gasteiger partial charge in [0.2, 0.25) is 4.96 Å². The Morgan fingerprint density at radius 3 is 2.52 bits per heavy atom. The van der Waals surface area contributed by atoms with E-state index in [9.17, 15) is 0 Å². The van der Waals surface area contributed by atoms with Gasteiger partial charge in [0.05, 0.1) is 14.2 Å². The molecule has 0 amide bonds. The van der Waals surface area contributed by atoms with Crippen molar-refractivity contribution in [2.75, 3.05) is 14.2 Å². The van der Waals surface area contributed by atoms with Crippen molar-refractivity contribution in [1.29, 1.82) is 0 Å². The highest BCUT2D eigenvalue weighted by molar-refractivity contribution is 7.19. The summed E-state index contributed by atoms with van der Waals surface area (Å²) in [7, 11) is 3.25. The van der Waals surface area contributed by atoms with Crippen LogP contribution in [0.2, 0.25) is 0 Å². The standard InChI is InChI=1S/C18H16N4O2S/c1-23-14-9-8-12(10-15(14)24-2)11-16-19-20-18-22(16)21-17(25-18)13-6-4-3-5-7-13/h3-10H,11H2,1-2H3. The molecule has 0 aliphatic heterocycles. The fraction of sp³-hybridized carbons (Fsp3) is 0.167. The number of benzene rings is 2. The van der Waals surface area contributed by atoms with Crippen LogP contribution in [0.3, 0.4) is 0 Å². The Hall–Kier alpha value is -2.93. The molecule has 7 heteroatoms. The van der Waals surface area contributed by atoms with Crippen LogP contribution in [0.1, 0.15) is 11.4 Å². The van der Waals surface area contributed by atoms with Crippen LogP contribution in [0.4, 0.5) is 0 Å². The quantitative estimate of drug-likeness (QED) is 0.550. The smallest absolute Gasteiger partial charge is 0.234 e. The highest BCUT2D eigenvalue weighted by Crippen LogP contribution is 2.29. The van der Waals surface area contributed by atoms with Crippen LogP contribution in [0.15, 0.2) is 48.5 Å². The average molecular weight is 352 g/mol. The molecule has 2 heterocycles. The molecule has 0 radical (unpaired) electrons. The molecule has 0 aliphatic carbocycles. The summed E-state index contributed by atoms with van der Waals surface area (Å²) in [5.74, 6) is 2.20. The fourth-order valence-electron chi connectivity index (χ4n) is 2.64. The predicted molar refractivity (Wildman–Crippen MR) is 96.4 cm³/mol. The maximum absolute atomic E-state index is 5.36. The van der Waals surface area contributed by atoms with Crippen molar-refractivity contribution in [2.24, 2.45) is 0 Å². The van der Waals surface area contributed by atoms with Gasteiger partial charge in [-0.3, -0.25) is 0 Å². The highest BCUT2D eigenvalue weighted by atomic mass is 32.1. The first-order chi connectivity index (χ1) is 12.3. The van der Waals surface area contributed by atoms with E-state index in [1.165, 1.54) is 11.3 Å². The van der Waals surface area contributed by atoms with Crippen molar-refractivity contribution in [3.63, 3.8) is 0 Å². The van der Waals surface area contributed by atoms with Crippen LogP contribution < -0.4 is 9.47 Å². The molecule has 2 aromatic heterocycles. The van der Waals surface area contributed by atoms with E-state index in [4.69, 9.17) is 9.47 Å². The van der Waals surface area contributed by atoms with Gasteiger partial charge in [0.15, 0.2) is 17.3 Å². The van der Waals surface area contributed by atoms with E-state index in [0.29, 0.717) is 17.9 Å². The average Bonchev–Trinajstić information content (AvgIpc) is 3.24. The topological polar surface area (TPSA) is 61.5 Å². The van der Waals surface area contributed by atoms with Gasteiger partial charge in [0, 0.05) is 12.0 Å². The minimum atomic E-state index is 0.611. The minimum Gasteiger partial charge on any atom is -0.493 e. The molecule has 0 unspecified atom stereocenters. The zero-order valence-electron chi connectivity index (χ0n) is 13.8. The maximum Gasteiger partial charge on any atom is 0.234 e. The molecule has 4 rings (SSSR count). The Morgan fingerprint density at radius 1 is 0.960 bits per heavy atom. The Bertz CT molecular complexity index is 1010. The molecule has 6 nitrogen and oxygen atoms in total.